The fourth-order valence-corrected chi connectivity index (χ4v) is 4.49. The summed E-state index contributed by atoms with van der Waals surface area (Å²) in [5.74, 6) is 0. The van der Waals surface area contributed by atoms with E-state index in [0.717, 1.165) is 11.1 Å². The number of halogens is 2. The Kier molecular flexibility index (Phi) is 6.37. The van der Waals surface area contributed by atoms with Crippen LogP contribution in [-0.4, -0.2) is 43.8 Å². The number of hydrogen-bond acceptors (Lipinski definition) is 3. The molecule has 0 spiro atoms. The van der Waals surface area contributed by atoms with Crippen molar-refractivity contribution in [1.29, 1.82) is 0 Å². The fourth-order valence-electron chi connectivity index (χ4n) is 2.85. The van der Waals surface area contributed by atoms with Crippen LogP contribution in [0, 0.1) is 0 Å². The van der Waals surface area contributed by atoms with Crippen LogP contribution in [0.4, 0.5) is 0 Å². The molecule has 1 saturated heterocycles. The predicted molar refractivity (Wildman–Crippen MR) is 108 cm³/mol. The van der Waals surface area contributed by atoms with E-state index < -0.39 is 10.0 Å². The molecule has 1 heterocycles. The van der Waals surface area contributed by atoms with E-state index in [-0.39, 0.29) is 0 Å². The zero-order valence-electron chi connectivity index (χ0n) is 14.2. The number of sulfonamides is 1. The molecule has 138 valence electrons. The maximum Gasteiger partial charge on any atom is 0.236 e. The predicted octanol–water partition coefficient (Wildman–Crippen LogP) is 4.11. The van der Waals surface area contributed by atoms with Crippen LogP contribution in [0.3, 0.4) is 0 Å². The summed E-state index contributed by atoms with van der Waals surface area (Å²) in [6.07, 6.45) is 1.63. The van der Waals surface area contributed by atoms with E-state index in [1.54, 1.807) is 12.1 Å². The van der Waals surface area contributed by atoms with Crippen LogP contribution in [0.1, 0.15) is 11.1 Å². The zero-order chi connectivity index (χ0) is 18.6. The summed E-state index contributed by atoms with van der Waals surface area (Å²) in [7, 11) is -3.41. The number of rotatable bonds is 5. The molecule has 0 amide bonds. The van der Waals surface area contributed by atoms with Crippen molar-refractivity contribution in [2.75, 3.05) is 26.2 Å². The van der Waals surface area contributed by atoms with Gasteiger partial charge in [-0.05, 0) is 29.3 Å². The van der Waals surface area contributed by atoms with E-state index in [4.69, 9.17) is 23.2 Å². The highest BCUT2D eigenvalue weighted by Gasteiger charge is 2.25. The van der Waals surface area contributed by atoms with Gasteiger partial charge in [0.2, 0.25) is 10.0 Å². The summed E-state index contributed by atoms with van der Waals surface area (Å²) in [5, 5.41) is 2.53. The standard InChI is InChI=1S/C19H20Cl2N2O2S/c20-18-7-6-17(19(21)14-18)15-22-9-11-23(12-10-22)26(24,25)13-8-16-4-2-1-3-5-16/h1-8,13-14H,9-12,15H2/b13-8+. The Hall–Kier alpha value is -1.37. The van der Waals surface area contributed by atoms with Crippen LogP contribution in [-0.2, 0) is 16.6 Å². The molecule has 0 aliphatic carbocycles. The Labute approximate surface area is 164 Å². The van der Waals surface area contributed by atoms with E-state index in [0.29, 0.717) is 42.8 Å². The van der Waals surface area contributed by atoms with Crippen molar-refractivity contribution in [2.24, 2.45) is 0 Å². The Balaban J connectivity index is 1.58. The van der Waals surface area contributed by atoms with Crippen molar-refractivity contribution in [3.05, 3.63) is 75.1 Å². The second-order valence-electron chi connectivity index (χ2n) is 6.17. The summed E-state index contributed by atoms with van der Waals surface area (Å²) in [5.41, 5.74) is 1.86. The van der Waals surface area contributed by atoms with Crippen molar-refractivity contribution < 1.29 is 8.42 Å². The molecule has 26 heavy (non-hydrogen) atoms. The molecule has 0 N–H and O–H groups in total. The quantitative estimate of drug-likeness (QED) is 0.744. The smallest absolute Gasteiger partial charge is 0.236 e. The third-order valence-corrected chi connectivity index (χ3v) is 6.48. The van der Waals surface area contributed by atoms with Crippen LogP contribution < -0.4 is 0 Å². The highest BCUT2D eigenvalue weighted by Crippen LogP contribution is 2.23. The number of benzene rings is 2. The first-order valence-corrected chi connectivity index (χ1v) is 10.6. The van der Waals surface area contributed by atoms with E-state index in [1.165, 1.54) is 9.71 Å². The molecule has 1 aliphatic heterocycles. The summed E-state index contributed by atoms with van der Waals surface area (Å²) in [6, 6.07) is 14.9. The van der Waals surface area contributed by atoms with Gasteiger partial charge in [-0.25, -0.2) is 8.42 Å². The Morgan fingerprint density at radius 3 is 2.31 bits per heavy atom. The van der Waals surface area contributed by atoms with Gasteiger partial charge in [0.15, 0.2) is 0 Å². The zero-order valence-corrected chi connectivity index (χ0v) is 16.5. The SMILES string of the molecule is O=S(=O)(/C=C/c1ccccc1)N1CCN(Cc2ccc(Cl)cc2Cl)CC1. The highest BCUT2D eigenvalue weighted by atomic mass is 35.5. The maximum atomic E-state index is 12.5. The lowest BCUT2D eigenvalue weighted by molar-refractivity contribution is 0.182. The normalized spacial score (nSPS) is 17.0. The third-order valence-electron chi connectivity index (χ3n) is 4.33. The summed E-state index contributed by atoms with van der Waals surface area (Å²) in [4.78, 5) is 2.20. The summed E-state index contributed by atoms with van der Waals surface area (Å²) in [6.45, 7) is 2.94. The second-order valence-corrected chi connectivity index (χ2v) is 8.83. The third kappa shape index (κ3) is 5.09. The lowest BCUT2D eigenvalue weighted by atomic mass is 10.2. The van der Waals surface area contributed by atoms with E-state index >= 15 is 0 Å². The molecule has 1 aliphatic rings. The van der Waals surface area contributed by atoms with Crippen LogP contribution in [0.25, 0.3) is 6.08 Å². The first-order valence-electron chi connectivity index (χ1n) is 8.33. The average Bonchev–Trinajstić information content (AvgIpc) is 2.64. The minimum atomic E-state index is -3.41. The summed E-state index contributed by atoms with van der Waals surface area (Å²) < 4.78 is 26.5. The van der Waals surface area contributed by atoms with Crippen molar-refractivity contribution >= 4 is 39.3 Å². The average molecular weight is 411 g/mol. The molecule has 2 aromatic carbocycles. The number of piperazine rings is 1. The van der Waals surface area contributed by atoms with Gasteiger partial charge in [-0.1, -0.05) is 59.6 Å². The Bertz CT molecular complexity index is 878. The minimum absolute atomic E-state index is 0.465. The fraction of sp³-hybridized carbons (Fsp3) is 0.263. The topological polar surface area (TPSA) is 40.6 Å². The molecule has 1 fully saturated rings. The van der Waals surface area contributed by atoms with Gasteiger partial charge in [-0.15, -0.1) is 0 Å². The minimum Gasteiger partial charge on any atom is -0.296 e. The largest absolute Gasteiger partial charge is 0.296 e. The van der Waals surface area contributed by atoms with Gasteiger partial charge in [-0.2, -0.15) is 4.31 Å². The molecular formula is C19H20Cl2N2O2S. The number of nitrogens with zero attached hydrogens (tertiary/aromatic N) is 2. The van der Waals surface area contributed by atoms with Gasteiger partial charge in [0.1, 0.15) is 0 Å². The molecule has 7 heteroatoms. The lowest BCUT2D eigenvalue weighted by Gasteiger charge is -2.33. The first kappa shape index (κ1) is 19.4. The van der Waals surface area contributed by atoms with Gasteiger partial charge in [0.05, 0.1) is 0 Å². The molecule has 0 unspecified atom stereocenters. The Morgan fingerprint density at radius 2 is 1.65 bits per heavy atom. The second kappa shape index (κ2) is 8.55. The summed E-state index contributed by atoms with van der Waals surface area (Å²) >= 11 is 12.1. The molecule has 0 bridgehead atoms. The highest BCUT2D eigenvalue weighted by molar-refractivity contribution is 7.92. The van der Waals surface area contributed by atoms with Gasteiger partial charge in [-0.3, -0.25) is 4.90 Å². The molecule has 0 aromatic heterocycles. The first-order chi connectivity index (χ1) is 12.4. The van der Waals surface area contributed by atoms with E-state index in [2.05, 4.69) is 4.90 Å². The molecule has 0 radical (unpaired) electrons. The maximum absolute atomic E-state index is 12.5. The molecule has 3 rings (SSSR count). The molecule has 4 nitrogen and oxygen atoms in total. The van der Waals surface area contributed by atoms with Crippen molar-refractivity contribution in [3.8, 4) is 0 Å². The Morgan fingerprint density at radius 1 is 0.962 bits per heavy atom. The monoisotopic (exact) mass is 410 g/mol. The van der Waals surface area contributed by atoms with Crippen molar-refractivity contribution in [1.82, 2.24) is 9.21 Å². The van der Waals surface area contributed by atoms with Gasteiger partial charge < -0.3 is 0 Å². The number of hydrogen-bond donors (Lipinski definition) is 0. The molecule has 0 atom stereocenters. The van der Waals surface area contributed by atoms with Crippen LogP contribution in [0.2, 0.25) is 10.0 Å². The van der Waals surface area contributed by atoms with Gasteiger partial charge >= 0.3 is 0 Å². The van der Waals surface area contributed by atoms with Crippen molar-refractivity contribution in [3.63, 3.8) is 0 Å². The molecule has 0 saturated carbocycles. The molecule has 2 aromatic rings. The van der Waals surface area contributed by atoms with Gasteiger partial charge in [0.25, 0.3) is 0 Å². The van der Waals surface area contributed by atoms with E-state index in [9.17, 15) is 8.42 Å². The lowest BCUT2D eigenvalue weighted by Crippen LogP contribution is -2.47. The van der Waals surface area contributed by atoms with Crippen LogP contribution in [0.15, 0.2) is 53.9 Å². The van der Waals surface area contributed by atoms with Crippen molar-refractivity contribution in [2.45, 2.75) is 6.54 Å². The van der Waals surface area contributed by atoms with Crippen LogP contribution >= 0.6 is 23.2 Å². The molecular weight excluding hydrogens is 391 g/mol. The van der Waals surface area contributed by atoms with Crippen LogP contribution in [0.5, 0.6) is 0 Å². The van der Waals surface area contributed by atoms with E-state index in [1.807, 2.05) is 42.5 Å². The van der Waals surface area contributed by atoms with Gasteiger partial charge in [0, 0.05) is 48.2 Å².